The molecule has 0 amide bonds. The Morgan fingerprint density at radius 2 is 1.81 bits per heavy atom. The highest BCUT2D eigenvalue weighted by Crippen LogP contribution is 2.24. The Hall–Kier alpha value is -3.61. The van der Waals surface area contributed by atoms with Crippen LogP contribution in [-0.2, 0) is 13.5 Å². The van der Waals surface area contributed by atoms with Crippen LogP contribution < -0.4 is 5.56 Å². The predicted octanol–water partition coefficient (Wildman–Crippen LogP) is 2.96. The molecule has 0 unspecified atom stereocenters. The van der Waals surface area contributed by atoms with Crippen LogP contribution >= 0.6 is 0 Å². The van der Waals surface area contributed by atoms with Crippen molar-refractivity contribution in [3.05, 3.63) is 88.5 Å². The zero-order chi connectivity index (χ0) is 18.8. The highest BCUT2D eigenvalue weighted by Gasteiger charge is 2.13. The maximum Gasteiger partial charge on any atom is 0.251 e. The van der Waals surface area contributed by atoms with Gasteiger partial charge >= 0.3 is 0 Å². The average Bonchev–Trinajstić information content (AvgIpc) is 3.03. The SMILES string of the molecule is Cn1cc(Cc2cc(=O)[nH]c(-c3ccncc3)n2)c(-c2ccc(F)cc2)n1. The number of aromatic nitrogens is 5. The third-order valence-corrected chi connectivity index (χ3v) is 4.14. The zero-order valence-corrected chi connectivity index (χ0v) is 14.6. The molecule has 1 N–H and O–H groups in total. The molecule has 0 aliphatic rings. The molecule has 0 aliphatic heterocycles. The Balaban J connectivity index is 1.72. The summed E-state index contributed by atoms with van der Waals surface area (Å²) >= 11 is 0. The second kappa shape index (κ2) is 6.95. The van der Waals surface area contributed by atoms with Crippen molar-refractivity contribution in [3.63, 3.8) is 0 Å². The molecule has 0 aliphatic carbocycles. The molecule has 7 heteroatoms. The van der Waals surface area contributed by atoms with Gasteiger partial charge in [-0.25, -0.2) is 9.37 Å². The van der Waals surface area contributed by atoms with Crippen molar-refractivity contribution in [1.82, 2.24) is 24.7 Å². The van der Waals surface area contributed by atoms with Crippen LogP contribution in [0.3, 0.4) is 0 Å². The minimum atomic E-state index is -0.297. The van der Waals surface area contributed by atoms with Crippen LogP contribution in [0, 0.1) is 5.82 Å². The van der Waals surface area contributed by atoms with E-state index in [1.54, 1.807) is 41.3 Å². The highest BCUT2D eigenvalue weighted by atomic mass is 19.1. The number of nitrogens with zero attached hydrogens (tertiary/aromatic N) is 4. The monoisotopic (exact) mass is 361 g/mol. The van der Waals surface area contributed by atoms with E-state index in [1.165, 1.54) is 18.2 Å². The van der Waals surface area contributed by atoms with Crippen LogP contribution in [0.1, 0.15) is 11.3 Å². The van der Waals surface area contributed by atoms with Gasteiger partial charge in [-0.2, -0.15) is 5.10 Å². The smallest absolute Gasteiger partial charge is 0.251 e. The normalized spacial score (nSPS) is 10.9. The van der Waals surface area contributed by atoms with Gasteiger partial charge in [0.1, 0.15) is 11.6 Å². The topological polar surface area (TPSA) is 76.5 Å². The molecule has 4 rings (SSSR count). The molecule has 3 heterocycles. The van der Waals surface area contributed by atoms with Gasteiger partial charge in [-0.3, -0.25) is 14.5 Å². The summed E-state index contributed by atoms with van der Waals surface area (Å²) in [4.78, 5) is 23.4. The summed E-state index contributed by atoms with van der Waals surface area (Å²) in [5.41, 5.74) is 3.65. The largest absolute Gasteiger partial charge is 0.307 e. The van der Waals surface area contributed by atoms with Crippen molar-refractivity contribution in [2.45, 2.75) is 6.42 Å². The van der Waals surface area contributed by atoms with Crippen LogP contribution in [-0.4, -0.2) is 24.7 Å². The van der Waals surface area contributed by atoms with E-state index in [0.29, 0.717) is 17.9 Å². The Kier molecular flexibility index (Phi) is 4.33. The minimum absolute atomic E-state index is 0.223. The second-order valence-corrected chi connectivity index (χ2v) is 6.18. The lowest BCUT2D eigenvalue weighted by molar-refractivity contribution is 0.628. The Labute approximate surface area is 154 Å². The Morgan fingerprint density at radius 3 is 2.56 bits per heavy atom. The van der Waals surface area contributed by atoms with Gasteiger partial charge < -0.3 is 4.98 Å². The summed E-state index contributed by atoms with van der Waals surface area (Å²) in [6.45, 7) is 0. The lowest BCUT2D eigenvalue weighted by Gasteiger charge is -2.05. The van der Waals surface area contributed by atoms with Crippen LogP contribution in [0.4, 0.5) is 4.39 Å². The summed E-state index contributed by atoms with van der Waals surface area (Å²) in [6, 6.07) is 11.2. The zero-order valence-electron chi connectivity index (χ0n) is 14.6. The van der Waals surface area contributed by atoms with Crippen LogP contribution in [0.15, 0.2) is 65.8 Å². The van der Waals surface area contributed by atoms with Crippen LogP contribution in [0.25, 0.3) is 22.6 Å². The average molecular weight is 361 g/mol. The summed E-state index contributed by atoms with van der Waals surface area (Å²) in [5.74, 6) is 0.196. The molecule has 134 valence electrons. The number of benzene rings is 1. The van der Waals surface area contributed by atoms with E-state index >= 15 is 0 Å². The van der Waals surface area contributed by atoms with E-state index in [9.17, 15) is 9.18 Å². The number of hydrogen-bond donors (Lipinski definition) is 1. The van der Waals surface area contributed by atoms with Gasteiger partial charge in [0.25, 0.3) is 5.56 Å². The van der Waals surface area contributed by atoms with Gasteiger partial charge in [0.05, 0.1) is 11.4 Å². The van der Waals surface area contributed by atoms with Crippen molar-refractivity contribution in [3.8, 4) is 22.6 Å². The second-order valence-electron chi connectivity index (χ2n) is 6.18. The van der Waals surface area contributed by atoms with E-state index in [2.05, 4.69) is 20.1 Å². The Morgan fingerprint density at radius 1 is 1.07 bits per heavy atom. The van der Waals surface area contributed by atoms with Crippen molar-refractivity contribution in [2.24, 2.45) is 7.05 Å². The lowest BCUT2D eigenvalue weighted by Crippen LogP contribution is -2.10. The van der Waals surface area contributed by atoms with E-state index in [1.807, 2.05) is 13.2 Å². The highest BCUT2D eigenvalue weighted by molar-refractivity contribution is 5.63. The molecule has 4 aromatic rings. The van der Waals surface area contributed by atoms with E-state index in [4.69, 9.17) is 0 Å². The molecular formula is C20H16FN5O. The molecule has 0 bridgehead atoms. The number of aryl methyl sites for hydroxylation is 1. The van der Waals surface area contributed by atoms with E-state index in [-0.39, 0.29) is 11.4 Å². The van der Waals surface area contributed by atoms with Crippen molar-refractivity contribution in [1.29, 1.82) is 0 Å². The lowest BCUT2D eigenvalue weighted by atomic mass is 10.0. The number of rotatable bonds is 4. The number of hydrogen-bond acceptors (Lipinski definition) is 4. The summed E-state index contributed by atoms with van der Waals surface area (Å²) in [5, 5.41) is 4.48. The molecule has 0 saturated carbocycles. The van der Waals surface area contributed by atoms with Gasteiger partial charge in [-0.05, 0) is 36.4 Å². The predicted molar refractivity (Wildman–Crippen MR) is 99.5 cm³/mol. The van der Waals surface area contributed by atoms with Crippen molar-refractivity contribution >= 4 is 0 Å². The van der Waals surface area contributed by atoms with Crippen molar-refractivity contribution < 1.29 is 4.39 Å². The number of H-pyrrole nitrogens is 1. The van der Waals surface area contributed by atoms with Gasteiger partial charge in [0.15, 0.2) is 0 Å². The maximum absolute atomic E-state index is 13.2. The fourth-order valence-corrected chi connectivity index (χ4v) is 2.96. The van der Waals surface area contributed by atoms with E-state index in [0.717, 1.165) is 22.4 Å². The van der Waals surface area contributed by atoms with Crippen molar-refractivity contribution in [2.75, 3.05) is 0 Å². The third kappa shape index (κ3) is 3.67. The van der Waals surface area contributed by atoms with Gasteiger partial charge in [0.2, 0.25) is 0 Å². The summed E-state index contributed by atoms with van der Waals surface area (Å²) in [7, 11) is 1.82. The molecule has 3 aromatic heterocycles. The summed E-state index contributed by atoms with van der Waals surface area (Å²) < 4.78 is 14.9. The molecule has 6 nitrogen and oxygen atoms in total. The molecule has 27 heavy (non-hydrogen) atoms. The molecule has 0 spiro atoms. The first-order chi connectivity index (χ1) is 13.1. The standard InChI is InChI=1S/C20H16FN5O/c1-26-12-15(19(25-26)13-2-4-16(21)5-3-13)10-17-11-18(27)24-20(23-17)14-6-8-22-9-7-14/h2-9,11-12H,10H2,1H3,(H,23,24,27). The number of aromatic amines is 1. The van der Waals surface area contributed by atoms with Gasteiger partial charge in [-0.1, -0.05) is 0 Å². The molecule has 0 fully saturated rings. The fraction of sp³-hybridized carbons (Fsp3) is 0.100. The number of halogens is 1. The first-order valence-corrected chi connectivity index (χ1v) is 8.37. The van der Waals surface area contributed by atoms with Gasteiger partial charge in [-0.15, -0.1) is 0 Å². The molecule has 0 saturated heterocycles. The molecular weight excluding hydrogens is 345 g/mol. The third-order valence-electron chi connectivity index (χ3n) is 4.14. The first-order valence-electron chi connectivity index (χ1n) is 8.37. The molecule has 0 radical (unpaired) electrons. The molecule has 1 aromatic carbocycles. The summed E-state index contributed by atoms with van der Waals surface area (Å²) in [6.07, 6.45) is 5.61. The fourth-order valence-electron chi connectivity index (χ4n) is 2.96. The van der Waals surface area contributed by atoms with Crippen LogP contribution in [0.5, 0.6) is 0 Å². The minimum Gasteiger partial charge on any atom is -0.307 e. The molecule has 0 atom stereocenters. The number of pyridine rings is 1. The maximum atomic E-state index is 13.2. The number of nitrogens with one attached hydrogen (secondary N) is 1. The van der Waals surface area contributed by atoms with Crippen LogP contribution in [0.2, 0.25) is 0 Å². The van der Waals surface area contributed by atoms with E-state index < -0.39 is 0 Å². The van der Waals surface area contributed by atoms with Gasteiger partial charge in [0, 0.05) is 54.8 Å². The first kappa shape index (κ1) is 16.8. The quantitative estimate of drug-likeness (QED) is 0.606. The Bertz CT molecular complexity index is 1130.